The summed E-state index contributed by atoms with van der Waals surface area (Å²) >= 11 is 0. The number of aliphatic hydroxyl groups excluding tert-OH is 1. The van der Waals surface area contributed by atoms with E-state index in [0.717, 1.165) is 12.0 Å². The largest absolute Gasteiger partial charge is 0.389 e. The van der Waals surface area contributed by atoms with Crippen molar-refractivity contribution in [3.63, 3.8) is 0 Å². The van der Waals surface area contributed by atoms with Gasteiger partial charge in [-0.25, -0.2) is 0 Å². The molecule has 0 radical (unpaired) electrons. The van der Waals surface area contributed by atoms with E-state index in [0.29, 0.717) is 12.2 Å². The van der Waals surface area contributed by atoms with Crippen LogP contribution in [0.15, 0.2) is 23.3 Å². The first-order chi connectivity index (χ1) is 6.85. The molecule has 0 spiro atoms. The van der Waals surface area contributed by atoms with Crippen LogP contribution in [-0.2, 0) is 4.79 Å². The number of carbonyl (C=O) groups is 1. The van der Waals surface area contributed by atoms with Crippen molar-refractivity contribution >= 4 is 5.78 Å². The Hall–Kier alpha value is -0.890. The van der Waals surface area contributed by atoms with Gasteiger partial charge in [-0.3, -0.25) is 4.79 Å². The Morgan fingerprint density at radius 1 is 1.40 bits per heavy atom. The van der Waals surface area contributed by atoms with E-state index in [1.807, 2.05) is 19.9 Å². The third-order valence-electron chi connectivity index (χ3n) is 3.10. The highest BCUT2D eigenvalue weighted by Gasteiger charge is 2.34. The molecule has 0 amide bonds. The molecular formula is C13H20O2. The molecule has 0 aromatic carbocycles. The van der Waals surface area contributed by atoms with Crippen molar-refractivity contribution in [2.24, 2.45) is 5.41 Å². The summed E-state index contributed by atoms with van der Waals surface area (Å²) in [6, 6.07) is 0. The van der Waals surface area contributed by atoms with E-state index >= 15 is 0 Å². The lowest BCUT2D eigenvalue weighted by Gasteiger charge is -2.31. The number of allylic oxidation sites excluding steroid dienone is 3. The second-order valence-electron chi connectivity index (χ2n) is 4.84. The molecule has 2 heteroatoms. The molecule has 0 aromatic heterocycles. The number of hydrogen-bond acceptors (Lipinski definition) is 2. The molecule has 1 unspecified atom stereocenters. The van der Waals surface area contributed by atoms with Crippen molar-refractivity contribution in [3.8, 4) is 0 Å². The highest BCUT2D eigenvalue weighted by molar-refractivity contribution is 5.89. The van der Waals surface area contributed by atoms with Crippen LogP contribution in [0.5, 0.6) is 0 Å². The maximum atomic E-state index is 11.8. The lowest BCUT2D eigenvalue weighted by Crippen LogP contribution is -2.30. The number of hydrogen-bond donors (Lipinski definition) is 1. The van der Waals surface area contributed by atoms with Crippen LogP contribution in [0, 0.1) is 5.41 Å². The summed E-state index contributed by atoms with van der Waals surface area (Å²) in [5, 5.41) is 9.21. The van der Waals surface area contributed by atoms with Crippen LogP contribution in [0.1, 0.15) is 40.5 Å². The van der Waals surface area contributed by atoms with E-state index in [1.165, 1.54) is 5.57 Å². The molecule has 2 nitrogen and oxygen atoms in total. The second kappa shape index (κ2) is 4.31. The van der Waals surface area contributed by atoms with Crippen molar-refractivity contribution < 1.29 is 9.90 Å². The van der Waals surface area contributed by atoms with Gasteiger partial charge in [-0.05, 0) is 39.7 Å². The van der Waals surface area contributed by atoms with Gasteiger partial charge in [-0.15, -0.1) is 0 Å². The zero-order chi connectivity index (χ0) is 11.6. The molecule has 0 saturated carbocycles. The summed E-state index contributed by atoms with van der Waals surface area (Å²) < 4.78 is 0. The number of ketones is 1. The van der Waals surface area contributed by atoms with Crippen molar-refractivity contribution in [3.05, 3.63) is 23.3 Å². The Kier molecular flexibility index (Phi) is 3.50. The summed E-state index contributed by atoms with van der Waals surface area (Å²) in [5.74, 6) is 0.290. The van der Waals surface area contributed by atoms with Crippen LogP contribution in [-0.4, -0.2) is 17.0 Å². The Morgan fingerprint density at radius 3 is 2.53 bits per heavy atom. The van der Waals surface area contributed by atoms with Crippen LogP contribution < -0.4 is 0 Å². The van der Waals surface area contributed by atoms with Crippen LogP contribution in [0.4, 0.5) is 0 Å². The van der Waals surface area contributed by atoms with Gasteiger partial charge < -0.3 is 5.11 Å². The Labute approximate surface area is 91.7 Å². The minimum Gasteiger partial charge on any atom is -0.389 e. The van der Waals surface area contributed by atoms with Gasteiger partial charge in [0.25, 0.3) is 0 Å². The van der Waals surface area contributed by atoms with E-state index in [4.69, 9.17) is 0 Å². The van der Waals surface area contributed by atoms with E-state index in [9.17, 15) is 9.90 Å². The Morgan fingerprint density at radius 2 is 2.00 bits per heavy atom. The first kappa shape index (κ1) is 12.2. The molecule has 1 aliphatic carbocycles. The average molecular weight is 208 g/mol. The van der Waals surface area contributed by atoms with Gasteiger partial charge in [0.05, 0.1) is 6.10 Å². The van der Waals surface area contributed by atoms with E-state index in [1.54, 1.807) is 13.0 Å². The monoisotopic (exact) mass is 208 g/mol. The second-order valence-corrected chi connectivity index (χ2v) is 4.84. The maximum absolute atomic E-state index is 11.8. The molecule has 1 atom stereocenters. The average Bonchev–Trinajstić information content (AvgIpc) is 2.11. The highest BCUT2D eigenvalue weighted by atomic mass is 16.3. The summed E-state index contributed by atoms with van der Waals surface area (Å²) in [6.07, 6.45) is 4.67. The molecule has 84 valence electrons. The van der Waals surface area contributed by atoms with Crippen molar-refractivity contribution in [1.82, 2.24) is 0 Å². The molecule has 1 aliphatic rings. The Balaban J connectivity index is 3.05. The van der Waals surface area contributed by atoms with Crippen LogP contribution in [0.25, 0.3) is 0 Å². The van der Waals surface area contributed by atoms with Gasteiger partial charge in [0.1, 0.15) is 5.78 Å². The third kappa shape index (κ3) is 2.57. The van der Waals surface area contributed by atoms with E-state index in [-0.39, 0.29) is 0 Å². The van der Waals surface area contributed by atoms with Crippen LogP contribution >= 0.6 is 0 Å². The zero-order valence-corrected chi connectivity index (χ0v) is 10.0. The number of carbonyl (C=O) groups excluding carboxylic acids is 1. The molecule has 1 rings (SSSR count). The smallest absolute Gasteiger partial charge is 0.143 e. The fourth-order valence-electron chi connectivity index (χ4n) is 2.02. The molecule has 0 heterocycles. The first-order valence-corrected chi connectivity index (χ1v) is 5.45. The molecule has 0 bridgehead atoms. The Bertz CT molecular complexity index is 319. The molecular weight excluding hydrogens is 188 g/mol. The van der Waals surface area contributed by atoms with Crippen molar-refractivity contribution in [2.45, 2.75) is 46.6 Å². The third-order valence-corrected chi connectivity index (χ3v) is 3.10. The van der Waals surface area contributed by atoms with Crippen LogP contribution in [0.2, 0.25) is 0 Å². The van der Waals surface area contributed by atoms with E-state index < -0.39 is 11.5 Å². The summed E-state index contributed by atoms with van der Waals surface area (Å²) in [7, 11) is 0. The van der Waals surface area contributed by atoms with Crippen molar-refractivity contribution in [1.29, 1.82) is 0 Å². The van der Waals surface area contributed by atoms with Gasteiger partial charge >= 0.3 is 0 Å². The molecule has 1 N–H and O–H groups in total. The summed E-state index contributed by atoms with van der Waals surface area (Å²) in [6.45, 7) is 7.69. The lowest BCUT2D eigenvalue weighted by molar-refractivity contribution is -0.125. The fraction of sp³-hybridized carbons (Fsp3) is 0.615. The minimum absolute atomic E-state index is 0.290. The SMILES string of the molecule is CC1=C(/C=C/C(C)O)C(C)(C)C(=O)CC1. The predicted molar refractivity (Wildman–Crippen MR) is 61.5 cm³/mol. The van der Waals surface area contributed by atoms with Gasteiger partial charge in [0.2, 0.25) is 0 Å². The molecule has 15 heavy (non-hydrogen) atoms. The normalized spacial score (nSPS) is 23.7. The summed E-state index contributed by atoms with van der Waals surface area (Å²) in [4.78, 5) is 11.8. The number of Topliss-reactive ketones (excluding diaryl/α,β-unsaturated/α-hetero) is 1. The van der Waals surface area contributed by atoms with Gasteiger partial charge in [-0.2, -0.15) is 0 Å². The van der Waals surface area contributed by atoms with Gasteiger partial charge in [0, 0.05) is 11.8 Å². The maximum Gasteiger partial charge on any atom is 0.143 e. The standard InChI is InChI=1S/C13H20O2/c1-9-5-8-12(15)13(3,4)11(9)7-6-10(2)14/h6-7,10,14H,5,8H2,1-4H3/b7-6+. The zero-order valence-electron chi connectivity index (χ0n) is 10.0. The fourth-order valence-corrected chi connectivity index (χ4v) is 2.02. The lowest BCUT2D eigenvalue weighted by atomic mass is 9.71. The quantitative estimate of drug-likeness (QED) is 0.757. The summed E-state index contributed by atoms with van der Waals surface area (Å²) in [5.41, 5.74) is 1.93. The highest BCUT2D eigenvalue weighted by Crippen LogP contribution is 2.38. The molecule has 0 saturated heterocycles. The topological polar surface area (TPSA) is 37.3 Å². The number of aliphatic hydroxyl groups is 1. The first-order valence-electron chi connectivity index (χ1n) is 5.45. The van der Waals surface area contributed by atoms with Crippen LogP contribution in [0.3, 0.4) is 0 Å². The molecule has 0 aromatic rings. The molecule has 0 aliphatic heterocycles. The predicted octanol–water partition coefficient (Wildman–Crippen LogP) is 2.63. The number of rotatable bonds is 2. The van der Waals surface area contributed by atoms with Gasteiger partial charge in [0.15, 0.2) is 0 Å². The minimum atomic E-state index is -0.460. The molecule has 0 fully saturated rings. The van der Waals surface area contributed by atoms with E-state index in [2.05, 4.69) is 6.92 Å². The van der Waals surface area contributed by atoms with Gasteiger partial charge in [-0.1, -0.05) is 17.7 Å². The van der Waals surface area contributed by atoms with Crippen molar-refractivity contribution in [2.75, 3.05) is 0 Å².